The van der Waals surface area contributed by atoms with Crippen LogP contribution in [0.1, 0.15) is 15.9 Å². The predicted octanol–water partition coefficient (Wildman–Crippen LogP) is 2.60. The topological polar surface area (TPSA) is 60.4 Å². The van der Waals surface area contributed by atoms with Crippen LogP contribution in [0.5, 0.6) is 0 Å². The number of hydrogen-bond donors (Lipinski definition) is 0. The first-order valence-electron chi connectivity index (χ1n) is 6.80. The van der Waals surface area contributed by atoms with E-state index in [0.29, 0.717) is 16.2 Å². The Labute approximate surface area is 146 Å². The van der Waals surface area contributed by atoms with Crippen molar-refractivity contribution in [3.05, 3.63) is 70.4 Å². The normalized spacial score (nSPS) is 16.0. The third kappa shape index (κ3) is 3.22. The zero-order valence-electron chi connectivity index (χ0n) is 12.1. The summed E-state index contributed by atoms with van der Waals surface area (Å²) < 4.78 is 13.5. The highest BCUT2D eigenvalue weighted by molar-refractivity contribution is 8.27. The molecule has 3 rings (SSSR count). The minimum atomic E-state index is -1.34. The Bertz CT molecular complexity index is 895. The molecule has 1 amide bonds. The molecule has 0 atom stereocenters. The van der Waals surface area contributed by atoms with Gasteiger partial charge >= 0.3 is 0 Å². The molecule has 0 unspecified atom stereocenters. The molecule has 0 saturated carbocycles. The van der Waals surface area contributed by atoms with Crippen LogP contribution in [0.4, 0.5) is 10.1 Å². The Morgan fingerprint density at radius 1 is 1.21 bits per heavy atom. The fourth-order valence-corrected chi connectivity index (χ4v) is 3.51. The van der Waals surface area contributed by atoms with E-state index in [1.165, 1.54) is 35.2 Å². The molecule has 1 aliphatic heterocycles. The van der Waals surface area contributed by atoms with Crippen LogP contribution in [0.25, 0.3) is 6.08 Å². The van der Waals surface area contributed by atoms with Crippen LogP contribution < -0.4 is 10.0 Å². The van der Waals surface area contributed by atoms with Crippen molar-refractivity contribution in [2.75, 3.05) is 4.90 Å². The second kappa shape index (κ2) is 6.54. The Hall–Kier alpha value is -2.51. The number of rotatable bonds is 3. The minimum Gasteiger partial charge on any atom is -0.545 e. The van der Waals surface area contributed by atoms with Crippen molar-refractivity contribution in [2.24, 2.45) is 0 Å². The van der Waals surface area contributed by atoms with Gasteiger partial charge in [-0.1, -0.05) is 48.2 Å². The number of benzene rings is 2. The van der Waals surface area contributed by atoms with Crippen molar-refractivity contribution >= 4 is 51.9 Å². The number of amides is 1. The van der Waals surface area contributed by atoms with Crippen LogP contribution in [0.15, 0.2) is 53.4 Å². The third-order valence-electron chi connectivity index (χ3n) is 3.28. The highest BCUT2D eigenvalue weighted by Crippen LogP contribution is 2.36. The van der Waals surface area contributed by atoms with Gasteiger partial charge in [-0.25, -0.2) is 4.39 Å². The summed E-state index contributed by atoms with van der Waals surface area (Å²) in [4.78, 5) is 25.1. The number of nitrogens with zero attached hydrogens (tertiary/aromatic N) is 1. The lowest BCUT2D eigenvalue weighted by molar-refractivity contribution is -0.255. The molecule has 2 aromatic carbocycles. The first-order chi connectivity index (χ1) is 11.5. The van der Waals surface area contributed by atoms with Crippen molar-refractivity contribution < 1.29 is 19.1 Å². The SMILES string of the molecule is O=C([O-])c1cccc(N2C(=O)/C(=C\c3cccc(F)c3)SC2=S)c1. The zero-order chi connectivity index (χ0) is 17.3. The molecular weight excluding hydrogens is 349 g/mol. The second-order valence-corrected chi connectivity index (χ2v) is 6.59. The Morgan fingerprint density at radius 3 is 2.67 bits per heavy atom. The first kappa shape index (κ1) is 16.4. The van der Waals surface area contributed by atoms with Crippen LogP contribution in [-0.2, 0) is 4.79 Å². The molecule has 1 fully saturated rings. The molecule has 120 valence electrons. The molecular formula is C17H9FNO3S2-. The molecule has 0 N–H and O–H groups in total. The number of thiocarbonyl (C=S) groups is 1. The number of halogens is 1. The van der Waals surface area contributed by atoms with Gasteiger partial charge in [0, 0.05) is 0 Å². The lowest BCUT2D eigenvalue weighted by Crippen LogP contribution is -2.28. The molecule has 1 saturated heterocycles. The van der Waals surface area contributed by atoms with E-state index in [9.17, 15) is 19.1 Å². The van der Waals surface area contributed by atoms with Crippen LogP contribution in [0, 0.1) is 5.82 Å². The molecule has 4 nitrogen and oxygen atoms in total. The van der Waals surface area contributed by atoms with E-state index < -0.39 is 11.8 Å². The molecule has 0 aromatic heterocycles. The van der Waals surface area contributed by atoms with Gasteiger partial charge in [0.05, 0.1) is 16.6 Å². The van der Waals surface area contributed by atoms with Crippen molar-refractivity contribution in [3.63, 3.8) is 0 Å². The van der Waals surface area contributed by atoms with Crippen LogP contribution >= 0.6 is 24.0 Å². The average Bonchev–Trinajstić information content (AvgIpc) is 2.81. The van der Waals surface area contributed by atoms with Gasteiger partial charge in [0.1, 0.15) is 5.82 Å². The lowest BCUT2D eigenvalue weighted by atomic mass is 10.2. The van der Waals surface area contributed by atoms with Gasteiger partial charge in [-0.2, -0.15) is 0 Å². The standard InChI is InChI=1S/C17H10FNO3S2/c18-12-5-1-3-10(7-12)8-14-15(20)19(17(23)24-14)13-6-2-4-11(9-13)16(21)22/h1-9H,(H,21,22)/p-1/b14-8+. The Balaban J connectivity index is 1.95. The van der Waals surface area contributed by atoms with E-state index in [2.05, 4.69) is 0 Å². The summed E-state index contributed by atoms with van der Waals surface area (Å²) in [5, 5.41) is 11.0. The monoisotopic (exact) mass is 358 g/mol. The number of carbonyl (C=O) groups is 2. The van der Waals surface area contributed by atoms with E-state index >= 15 is 0 Å². The van der Waals surface area contributed by atoms with Crippen molar-refractivity contribution in [1.82, 2.24) is 0 Å². The molecule has 7 heteroatoms. The third-order valence-corrected chi connectivity index (χ3v) is 4.58. The van der Waals surface area contributed by atoms with E-state index in [-0.39, 0.29) is 15.8 Å². The summed E-state index contributed by atoms with van der Waals surface area (Å²) >= 11 is 6.29. The van der Waals surface area contributed by atoms with E-state index in [0.717, 1.165) is 11.8 Å². The molecule has 0 bridgehead atoms. The van der Waals surface area contributed by atoms with Crippen LogP contribution in [0.2, 0.25) is 0 Å². The summed E-state index contributed by atoms with van der Waals surface area (Å²) in [5.74, 6) is -2.12. The van der Waals surface area contributed by atoms with Crippen molar-refractivity contribution in [1.29, 1.82) is 0 Å². The second-order valence-electron chi connectivity index (χ2n) is 4.91. The fraction of sp³-hybridized carbons (Fsp3) is 0. The summed E-state index contributed by atoms with van der Waals surface area (Å²) in [7, 11) is 0. The maximum absolute atomic E-state index is 13.3. The van der Waals surface area contributed by atoms with E-state index in [1.54, 1.807) is 24.3 Å². The maximum Gasteiger partial charge on any atom is 0.270 e. The van der Waals surface area contributed by atoms with Gasteiger partial charge in [0.2, 0.25) is 0 Å². The first-order valence-corrected chi connectivity index (χ1v) is 8.03. The van der Waals surface area contributed by atoms with Gasteiger partial charge in [-0.15, -0.1) is 0 Å². The highest BCUT2D eigenvalue weighted by Gasteiger charge is 2.33. The number of thioether (sulfide) groups is 1. The molecule has 1 heterocycles. The van der Waals surface area contributed by atoms with Crippen molar-refractivity contribution in [3.8, 4) is 0 Å². The van der Waals surface area contributed by atoms with E-state index in [4.69, 9.17) is 12.2 Å². The molecule has 1 aliphatic rings. The number of anilines is 1. The summed E-state index contributed by atoms with van der Waals surface area (Å²) in [5.41, 5.74) is 0.844. The summed E-state index contributed by atoms with van der Waals surface area (Å²) in [6.45, 7) is 0. The molecule has 2 aromatic rings. The highest BCUT2D eigenvalue weighted by atomic mass is 32.2. The number of carbonyl (C=O) groups excluding carboxylic acids is 2. The largest absolute Gasteiger partial charge is 0.545 e. The summed E-state index contributed by atoms with van der Waals surface area (Å²) in [6, 6.07) is 11.6. The lowest BCUT2D eigenvalue weighted by Gasteiger charge is -2.15. The summed E-state index contributed by atoms with van der Waals surface area (Å²) in [6.07, 6.45) is 1.55. The van der Waals surface area contributed by atoms with Crippen LogP contribution in [-0.4, -0.2) is 16.2 Å². The van der Waals surface area contributed by atoms with Gasteiger partial charge < -0.3 is 9.90 Å². The van der Waals surface area contributed by atoms with Gasteiger partial charge in [-0.3, -0.25) is 9.69 Å². The number of aromatic carboxylic acids is 1. The van der Waals surface area contributed by atoms with Gasteiger partial charge in [0.25, 0.3) is 5.91 Å². The molecule has 24 heavy (non-hydrogen) atoms. The quantitative estimate of drug-likeness (QED) is 0.623. The zero-order valence-corrected chi connectivity index (χ0v) is 13.7. The number of hydrogen-bond acceptors (Lipinski definition) is 5. The van der Waals surface area contributed by atoms with Crippen molar-refractivity contribution in [2.45, 2.75) is 0 Å². The Kier molecular flexibility index (Phi) is 4.46. The molecule has 0 spiro atoms. The van der Waals surface area contributed by atoms with Gasteiger partial charge in [0.15, 0.2) is 4.32 Å². The minimum absolute atomic E-state index is 0.0457. The number of carboxylic acids is 1. The molecule has 0 radical (unpaired) electrons. The smallest absolute Gasteiger partial charge is 0.270 e. The number of carboxylic acid groups (broad SMARTS) is 1. The average molecular weight is 358 g/mol. The Morgan fingerprint density at radius 2 is 1.96 bits per heavy atom. The van der Waals surface area contributed by atoms with Crippen LogP contribution in [0.3, 0.4) is 0 Å². The maximum atomic E-state index is 13.3. The fourth-order valence-electron chi connectivity index (χ4n) is 2.21. The predicted molar refractivity (Wildman–Crippen MR) is 92.8 cm³/mol. The molecule has 0 aliphatic carbocycles. The van der Waals surface area contributed by atoms with E-state index in [1.807, 2.05) is 0 Å². The van der Waals surface area contributed by atoms with Gasteiger partial charge in [-0.05, 0) is 41.5 Å².